The summed E-state index contributed by atoms with van der Waals surface area (Å²) in [5.74, 6) is 0. The number of morpholine rings is 1. The lowest BCUT2D eigenvalue weighted by Crippen LogP contribution is -2.53. The fourth-order valence-corrected chi connectivity index (χ4v) is 2.77. The Hall–Kier alpha value is -0.660. The predicted molar refractivity (Wildman–Crippen MR) is 58.7 cm³/mol. The van der Waals surface area contributed by atoms with Crippen molar-refractivity contribution >= 4 is 0 Å². The Morgan fingerprint density at radius 1 is 1.19 bits per heavy atom. The smallest absolute Gasteiger partial charge is 0.139 e. The minimum atomic E-state index is -1.29. The molecule has 1 unspecified atom stereocenters. The minimum Gasteiger partial charge on any atom is -0.379 e. The molecule has 2 aliphatic rings. The first-order valence-corrected chi connectivity index (χ1v) is 6.17. The fraction of sp³-hybridized carbons (Fsp3) is 0.917. The number of nitrogens with zero attached hydrogens (tertiary/aromatic N) is 2. The molecule has 0 aromatic carbocycles. The van der Waals surface area contributed by atoms with E-state index in [4.69, 9.17) is 4.74 Å². The largest absolute Gasteiger partial charge is 0.379 e. The molecule has 1 aliphatic heterocycles. The van der Waals surface area contributed by atoms with E-state index in [0.29, 0.717) is 39.1 Å². The lowest BCUT2D eigenvalue weighted by atomic mass is 9.80. The molecule has 0 aromatic rings. The van der Waals surface area contributed by atoms with E-state index in [2.05, 4.69) is 6.07 Å². The second-order valence-corrected chi connectivity index (χ2v) is 4.78. The lowest BCUT2D eigenvalue weighted by molar-refractivity contribution is -0.0304. The molecule has 0 radical (unpaired) electrons. The van der Waals surface area contributed by atoms with Crippen molar-refractivity contribution in [1.29, 1.82) is 5.26 Å². The molecule has 0 aromatic heterocycles. The van der Waals surface area contributed by atoms with Gasteiger partial charge in [-0.05, 0) is 12.8 Å². The summed E-state index contributed by atoms with van der Waals surface area (Å²) in [6.07, 6.45) is 4.02. The van der Waals surface area contributed by atoms with Crippen LogP contribution in [0.5, 0.6) is 0 Å². The molecular formula is C12H19FN2O. The summed E-state index contributed by atoms with van der Waals surface area (Å²) in [6.45, 7) is 2.61. The van der Waals surface area contributed by atoms with E-state index in [1.165, 1.54) is 0 Å². The van der Waals surface area contributed by atoms with Gasteiger partial charge < -0.3 is 4.74 Å². The number of rotatable bonds is 2. The van der Waals surface area contributed by atoms with Crippen molar-refractivity contribution < 1.29 is 9.13 Å². The van der Waals surface area contributed by atoms with Gasteiger partial charge in [0.25, 0.3) is 0 Å². The lowest BCUT2D eigenvalue weighted by Gasteiger charge is -2.40. The van der Waals surface area contributed by atoms with Crippen molar-refractivity contribution in [3.63, 3.8) is 0 Å². The number of hydrogen-bond acceptors (Lipinski definition) is 3. The third-order valence-corrected chi connectivity index (χ3v) is 3.71. The van der Waals surface area contributed by atoms with Gasteiger partial charge in [-0.3, -0.25) is 4.90 Å². The number of hydrogen-bond donors (Lipinski definition) is 0. The Labute approximate surface area is 96.2 Å². The average Bonchev–Trinajstić information content (AvgIpc) is 2.32. The molecule has 1 saturated heterocycles. The molecule has 0 spiro atoms. The zero-order valence-electron chi connectivity index (χ0n) is 9.62. The van der Waals surface area contributed by atoms with Crippen LogP contribution in [0, 0.1) is 11.3 Å². The Kier molecular flexibility index (Phi) is 3.78. The summed E-state index contributed by atoms with van der Waals surface area (Å²) in [7, 11) is 0. The van der Waals surface area contributed by atoms with Crippen LogP contribution < -0.4 is 0 Å². The third-order valence-electron chi connectivity index (χ3n) is 3.71. The highest BCUT2D eigenvalue weighted by Crippen LogP contribution is 2.36. The molecule has 90 valence electrons. The van der Waals surface area contributed by atoms with E-state index in [1.54, 1.807) is 0 Å². The normalized spacial score (nSPS) is 28.2. The molecule has 4 heteroatoms. The van der Waals surface area contributed by atoms with Gasteiger partial charge in [0.2, 0.25) is 0 Å². The van der Waals surface area contributed by atoms with Crippen molar-refractivity contribution in [1.82, 2.24) is 4.90 Å². The maximum Gasteiger partial charge on any atom is 0.139 e. The summed E-state index contributed by atoms with van der Waals surface area (Å²) in [6, 6.07) is 1.60. The predicted octanol–water partition coefficient (Wildman–Crippen LogP) is 1.88. The molecule has 2 fully saturated rings. The van der Waals surface area contributed by atoms with Gasteiger partial charge in [-0.2, -0.15) is 5.26 Å². The molecule has 1 saturated carbocycles. The van der Waals surface area contributed by atoms with Gasteiger partial charge in [0.05, 0.1) is 19.3 Å². The Morgan fingerprint density at radius 3 is 2.38 bits per heavy atom. The minimum absolute atomic E-state index is 0.544. The maximum absolute atomic E-state index is 14.7. The summed E-state index contributed by atoms with van der Waals surface area (Å²) in [5, 5.41) is 9.22. The van der Waals surface area contributed by atoms with Gasteiger partial charge >= 0.3 is 0 Å². The Balaban J connectivity index is 2.05. The third kappa shape index (κ3) is 2.36. The zero-order valence-corrected chi connectivity index (χ0v) is 9.62. The highest BCUT2D eigenvalue weighted by atomic mass is 19.1. The summed E-state index contributed by atoms with van der Waals surface area (Å²) in [4.78, 5) is 1.95. The van der Waals surface area contributed by atoms with Gasteiger partial charge in [-0.15, -0.1) is 0 Å². The van der Waals surface area contributed by atoms with Crippen LogP contribution in [0.3, 0.4) is 0 Å². The van der Waals surface area contributed by atoms with Crippen LogP contribution in [0.15, 0.2) is 0 Å². The first-order chi connectivity index (χ1) is 7.76. The summed E-state index contributed by atoms with van der Waals surface area (Å²) in [5.41, 5.74) is -1.29. The highest BCUT2D eigenvalue weighted by molar-refractivity contribution is 5.07. The zero-order chi connectivity index (χ0) is 11.4. The van der Waals surface area contributed by atoms with E-state index in [1.807, 2.05) is 4.90 Å². The van der Waals surface area contributed by atoms with Crippen molar-refractivity contribution in [3.05, 3.63) is 0 Å². The van der Waals surface area contributed by atoms with Gasteiger partial charge in [-0.1, -0.05) is 19.3 Å². The van der Waals surface area contributed by atoms with Crippen molar-refractivity contribution in [2.24, 2.45) is 0 Å². The quantitative estimate of drug-likeness (QED) is 0.721. The molecule has 1 atom stereocenters. The average molecular weight is 226 g/mol. The molecule has 0 bridgehead atoms. The van der Waals surface area contributed by atoms with Crippen LogP contribution in [0.1, 0.15) is 32.1 Å². The molecule has 1 aliphatic carbocycles. The van der Waals surface area contributed by atoms with Crippen LogP contribution >= 0.6 is 0 Å². The number of alkyl halides is 1. The first kappa shape index (κ1) is 11.8. The monoisotopic (exact) mass is 226 g/mol. The van der Waals surface area contributed by atoms with Gasteiger partial charge in [-0.25, -0.2) is 4.39 Å². The van der Waals surface area contributed by atoms with Gasteiger partial charge in [0.15, 0.2) is 0 Å². The van der Waals surface area contributed by atoms with Crippen molar-refractivity contribution in [3.8, 4) is 6.07 Å². The van der Waals surface area contributed by atoms with E-state index in [0.717, 1.165) is 19.3 Å². The highest BCUT2D eigenvalue weighted by Gasteiger charge is 2.43. The molecular weight excluding hydrogens is 207 g/mol. The molecule has 2 rings (SSSR count). The van der Waals surface area contributed by atoms with Crippen molar-refractivity contribution in [2.75, 3.05) is 26.3 Å². The van der Waals surface area contributed by atoms with Crippen LogP contribution in [0.2, 0.25) is 0 Å². The summed E-state index contributed by atoms with van der Waals surface area (Å²) < 4.78 is 20.0. The van der Waals surface area contributed by atoms with Crippen LogP contribution in [0.25, 0.3) is 0 Å². The molecule has 0 amide bonds. The van der Waals surface area contributed by atoms with Crippen LogP contribution in [-0.4, -0.2) is 42.9 Å². The van der Waals surface area contributed by atoms with E-state index >= 15 is 0 Å². The SMILES string of the molecule is N#CC(N1CCOCC1)C1(F)CCCCC1. The molecule has 1 heterocycles. The second-order valence-electron chi connectivity index (χ2n) is 4.78. The molecule has 16 heavy (non-hydrogen) atoms. The number of halogens is 1. The summed E-state index contributed by atoms with van der Waals surface area (Å²) >= 11 is 0. The number of nitriles is 1. The van der Waals surface area contributed by atoms with Gasteiger partial charge in [0.1, 0.15) is 11.7 Å². The second kappa shape index (κ2) is 5.11. The fourth-order valence-electron chi connectivity index (χ4n) is 2.77. The molecule has 0 N–H and O–H groups in total. The van der Waals surface area contributed by atoms with Gasteiger partial charge in [0, 0.05) is 13.1 Å². The van der Waals surface area contributed by atoms with E-state index in [-0.39, 0.29) is 0 Å². The van der Waals surface area contributed by atoms with E-state index < -0.39 is 11.7 Å². The van der Waals surface area contributed by atoms with Crippen LogP contribution in [0.4, 0.5) is 4.39 Å². The van der Waals surface area contributed by atoms with E-state index in [9.17, 15) is 9.65 Å². The topological polar surface area (TPSA) is 36.3 Å². The molecule has 3 nitrogen and oxygen atoms in total. The Bertz CT molecular complexity index is 265. The Morgan fingerprint density at radius 2 is 1.81 bits per heavy atom. The first-order valence-electron chi connectivity index (χ1n) is 6.17. The van der Waals surface area contributed by atoms with Crippen LogP contribution in [-0.2, 0) is 4.74 Å². The maximum atomic E-state index is 14.7. The van der Waals surface area contributed by atoms with Crippen molar-refractivity contribution in [2.45, 2.75) is 43.8 Å². The standard InChI is InChI=1S/C12H19FN2O/c13-12(4-2-1-3-5-12)11(10-14)15-6-8-16-9-7-15/h11H,1-9H2. The number of ether oxygens (including phenoxy) is 1.